The minimum Gasteiger partial charge on any atom is -0.395 e. The highest BCUT2D eigenvalue weighted by molar-refractivity contribution is 5.94. The largest absolute Gasteiger partial charge is 0.395 e. The van der Waals surface area contributed by atoms with E-state index in [0.717, 1.165) is 38.4 Å². The second-order valence-electron chi connectivity index (χ2n) is 4.35. The lowest BCUT2D eigenvalue weighted by Crippen LogP contribution is -2.37. The van der Waals surface area contributed by atoms with E-state index in [-0.39, 0.29) is 12.4 Å². The molecule has 104 valence electrons. The van der Waals surface area contributed by atoms with Crippen molar-refractivity contribution in [3.05, 3.63) is 34.8 Å². The van der Waals surface area contributed by atoms with E-state index in [2.05, 4.69) is 9.74 Å². The van der Waals surface area contributed by atoms with E-state index in [1.54, 1.807) is 12.2 Å². The zero-order chi connectivity index (χ0) is 14.1. The molecule has 0 aromatic heterocycles. The molecule has 0 saturated carbocycles. The lowest BCUT2D eigenvalue weighted by molar-refractivity contribution is -0.113. The molecule has 1 heterocycles. The molecule has 1 N–H and O–H groups in total. The summed E-state index contributed by atoms with van der Waals surface area (Å²) in [4.78, 5) is 16.1. The van der Waals surface area contributed by atoms with Crippen molar-refractivity contribution in [2.24, 2.45) is 0 Å². The molecule has 2 aliphatic rings. The van der Waals surface area contributed by atoms with Gasteiger partial charge >= 0.3 is 0 Å². The molecular formula is C14H20N2O3. The first-order valence-corrected chi connectivity index (χ1v) is 6.37. The Bertz CT molecular complexity index is 399. The van der Waals surface area contributed by atoms with Gasteiger partial charge in [-0.15, -0.1) is 0 Å². The lowest BCUT2D eigenvalue weighted by atomic mass is 10.2. The van der Waals surface area contributed by atoms with Gasteiger partial charge in [-0.25, -0.2) is 4.85 Å². The maximum atomic E-state index is 10.7. The van der Waals surface area contributed by atoms with E-state index in [1.165, 1.54) is 6.92 Å². The molecule has 5 nitrogen and oxygen atoms in total. The lowest BCUT2D eigenvalue weighted by Gasteiger charge is -2.25. The summed E-state index contributed by atoms with van der Waals surface area (Å²) >= 11 is 0. The molecular weight excluding hydrogens is 244 g/mol. The van der Waals surface area contributed by atoms with E-state index < -0.39 is 0 Å². The first-order chi connectivity index (χ1) is 9.17. The van der Waals surface area contributed by atoms with E-state index in [9.17, 15) is 4.79 Å². The number of allylic oxidation sites excluding steroid dienone is 3. The molecule has 5 heteroatoms. The highest BCUT2D eigenvalue weighted by Crippen LogP contribution is 2.18. The molecule has 19 heavy (non-hydrogen) atoms. The Hall–Kier alpha value is -1.48. The van der Waals surface area contributed by atoms with Gasteiger partial charge in [0.05, 0.1) is 26.4 Å². The molecule has 0 aromatic rings. The highest BCUT2D eigenvalue weighted by atomic mass is 16.5. The average Bonchev–Trinajstić information content (AvgIpc) is 2.90. The summed E-state index contributed by atoms with van der Waals surface area (Å²) < 4.78 is 5.12. The van der Waals surface area contributed by atoms with E-state index in [4.69, 9.17) is 16.4 Å². The Kier molecular flexibility index (Phi) is 7.04. The number of carbonyl (C=O) groups is 1. The minimum absolute atomic E-state index is 0.0647. The zero-order valence-corrected chi connectivity index (χ0v) is 11.3. The van der Waals surface area contributed by atoms with Crippen molar-refractivity contribution in [1.82, 2.24) is 4.90 Å². The van der Waals surface area contributed by atoms with Gasteiger partial charge in [0.2, 0.25) is 0 Å². The second-order valence-corrected chi connectivity index (χ2v) is 4.35. The number of Topliss-reactive ketones (excluding diaryl/α,β-unsaturated/α-hetero) is 1. The van der Waals surface area contributed by atoms with Crippen LogP contribution in [0.1, 0.15) is 13.3 Å². The molecule has 0 radical (unpaired) electrons. The van der Waals surface area contributed by atoms with Crippen LogP contribution in [-0.2, 0) is 9.53 Å². The molecule has 0 bridgehead atoms. The number of ether oxygens (including phenoxy) is 1. The van der Waals surface area contributed by atoms with Gasteiger partial charge in [-0.2, -0.15) is 0 Å². The van der Waals surface area contributed by atoms with Gasteiger partial charge in [0.15, 0.2) is 11.5 Å². The standard InChI is InChI=1S/C8H7NO.C6H13NO2/c1-6(10)7-3-4-8(5-7)9-2;8-4-1-7-2-5-9-6-3-7/h4-5H,3H2,1H3;8H,1-6H2. The van der Waals surface area contributed by atoms with Crippen molar-refractivity contribution in [2.45, 2.75) is 13.3 Å². The summed E-state index contributed by atoms with van der Waals surface area (Å²) in [5.74, 6) is 0.0647. The predicted octanol–water partition coefficient (Wildman–Crippen LogP) is 1.02. The van der Waals surface area contributed by atoms with Gasteiger partial charge in [-0.1, -0.05) is 6.08 Å². The van der Waals surface area contributed by atoms with Crippen LogP contribution in [0.3, 0.4) is 0 Å². The van der Waals surface area contributed by atoms with E-state index >= 15 is 0 Å². The number of carbonyl (C=O) groups excluding carboxylic acids is 1. The predicted molar refractivity (Wildman–Crippen MR) is 72.4 cm³/mol. The summed E-state index contributed by atoms with van der Waals surface area (Å²) in [6.45, 7) is 12.8. The number of β-amino-alcohol motifs (C(OH)–C–C–N with tert-alkyl or cyclic N) is 1. The molecule has 1 saturated heterocycles. The van der Waals surface area contributed by atoms with Gasteiger partial charge in [-0.3, -0.25) is 9.69 Å². The van der Waals surface area contributed by atoms with Crippen molar-refractivity contribution in [1.29, 1.82) is 0 Å². The third-order valence-corrected chi connectivity index (χ3v) is 2.95. The monoisotopic (exact) mass is 264 g/mol. The number of rotatable bonds is 3. The number of ketones is 1. The molecule has 0 atom stereocenters. The van der Waals surface area contributed by atoms with Gasteiger partial charge < -0.3 is 9.84 Å². The van der Waals surface area contributed by atoms with E-state index in [1.807, 2.05) is 0 Å². The molecule has 0 amide bonds. The van der Waals surface area contributed by atoms with Crippen molar-refractivity contribution in [2.75, 3.05) is 39.5 Å². The van der Waals surface area contributed by atoms with Crippen molar-refractivity contribution in [3.8, 4) is 0 Å². The van der Waals surface area contributed by atoms with Crippen LogP contribution in [0.15, 0.2) is 23.4 Å². The zero-order valence-electron chi connectivity index (χ0n) is 11.3. The topological polar surface area (TPSA) is 54.1 Å². The number of nitrogens with zero attached hydrogens (tertiary/aromatic N) is 2. The van der Waals surface area contributed by atoms with Crippen LogP contribution >= 0.6 is 0 Å². The normalized spacial score (nSPS) is 18.8. The van der Waals surface area contributed by atoms with Crippen LogP contribution in [0.25, 0.3) is 4.85 Å². The van der Waals surface area contributed by atoms with Crippen molar-refractivity contribution in [3.63, 3.8) is 0 Å². The Morgan fingerprint density at radius 1 is 1.53 bits per heavy atom. The quantitative estimate of drug-likeness (QED) is 0.773. The first-order valence-electron chi connectivity index (χ1n) is 6.37. The van der Waals surface area contributed by atoms with Crippen LogP contribution in [0.2, 0.25) is 0 Å². The molecule has 0 unspecified atom stereocenters. The molecule has 0 spiro atoms. The maximum Gasteiger partial charge on any atom is 0.184 e. The van der Waals surface area contributed by atoms with Crippen LogP contribution < -0.4 is 0 Å². The third kappa shape index (κ3) is 5.79. The molecule has 1 aliphatic carbocycles. The van der Waals surface area contributed by atoms with Crippen LogP contribution in [-0.4, -0.2) is 55.2 Å². The smallest absolute Gasteiger partial charge is 0.184 e. The number of aliphatic hydroxyl groups excluding tert-OH is 1. The Balaban J connectivity index is 0.000000191. The molecule has 1 aliphatic heterocycles. The maximum absolute atomic E-state index is 10.7. The summed E-state index contributed by atoms with van der Waals surface area (Å²) in [5.41, 5.74) is 1.33. The Labute approximate surface area is 114 Å². The first kappa shape index (κ1) is 15.6. The fourth-order valence-corrected chi connectivity index (χ4v) is 1.80. The fourth-order valence-electron chi connectivity index (χ4n) is 1.80. The number of aliphatic hydroxyl groups is 1. The Morgan fingerprint density at radius 3 is 2.63 bits per heavy atom. The number of hydrogen-bond acceptors (Lipinski definition) is 4. The van der Waals surface area contributed by atoms with Crippen molar-refractivity contribution < 1.29 is 14.6 Å². The molecule has 0 aromatic carbocycles. The molecule has 1 fully saturated rings. The van der Waals surface area contributed by atoms with Gasteiger partial charge in [0, 0.05) is 19.6 Å². The number of hydrogen-bond donors (Lipinski definition) is 1. The minimum atomic E-state index is 0.0647. The van der Waals surface area contributed by atoms with Crippen LogP contribution in [0.5, 0.6) is 0 Å². The second kappa shape index (κ2) is 8.59. The highest BCUT2D eigenvalue weighted by Gasteiger charge is 2.09. The fraction of sp³-hybridized carbons (Fsp3) is 0.571. The summed E-state index contributed by atoms with van der Waals surface area (Å²) in [6.07, 6.45) is 4.05. The molecule has 2 rings (SSSR count). The summed E-state index contributed by atoms with van der Waals surface area (Å²) in [6, 6.07) is 0. The third-order valence-electron chi connectivity index (χ3n) is 2.95. The van der Waals surface area contributed by atoms with E-state index in [0.29, 0.717) is 12.1 Å². The van der Waals surface area contributed by atoms with Crippen molar-refractivity contribution >= 4 is 5.78 Å². The average molecular weight is 264 g/mol. The van der Waals surface area contributed by atoms with Gasteiger partial charge in [-0.05, 0) is 25.0 Å². The van der Waals surface area contributed by atoms with Gasteiger partial charge in [0.25, 0.3) is 0 Å². The Morgan fingerprint density at radius 2 is 2.21 bits per heavy atom. The van der Waals surface area contributed by atoms with Gasteiger partial charge in [0.1, 0.15) is 0 Å². The SMILES string of the molecule is OCCN1CCOCC1.[C-]#[N+]C1=CCC(C(C)=O)=C1. The number of morpholine rings is 1. The van der Waals surface area contributed by atoms with Crippen LogP contribution in [0.4, 0.5) is 0 Å². The summed E-state index contributed by atoms with van der Waals surface area (Å²) in [7, 11) is 0. The van der Waals surface area contributed by atoms with Crippen LogP contribution in [0, 0.1) is 6.57 Å². The summed E-state index contributed by atoms with van der Waals surface area (Å²) in [5, 5.41) is 8.54.